The molecule has 0 radical (unpaired) electrons. The van der Waals surface area contributed by atoms with Gasteiger partial charge in [-0.15, -0.1) is 0 Å². The quantitative estimate of drug-likeness (QED) is 0.765. The van der Waals surface area contributed by atoms with E-state index in [1.165, 1.54) is 30.4 Å². The molecule has 0 unspecified atom stereocenters. The number of rotatable bonds is 5. The van der Waals surface area contributed by atoms with Gasteiger partial charge in [-0.25, -0.2) is 5.01 Å². The van der Waals surface area contributed by atoms with Crippen molar-refractivity contribution in [2.24, 2.45) is 0 Å². The first kappa shape index (κ1) is 17.3. The van der Waals surface area contributed by atoms with Gasteiger partial charge < -0.3 is 0 Å². The van der Waals surface area contributed by atoms with E-state index in [0.29, 0.717) is 12.3 Å². The van der Waals surface area contributed by atoms with E-state index in [0.717, 1.165) is 32.4 Å². The molecular formula is C23H28N2O. The Morgan fingerprint density at radius 3 is 1.85 bits per heavy atom. The number of hydrogen-bond acceptors (Lipinski definition) is 2. The first-order chi connectivity index (χ1) is 12.8. The van der Waals surface area contributed by atoms with Crippen LogP contribution in [0.3, 0.4) is 0 Å². The highest BCUT2D eigenvalue weighted by molar-refractivity contribution is 5.79. The van der Waals surface area contributed by atoms with Gasteiger partial charge >= 0.3 is 0 Å². The summed E-state index contributed by atoms with van der Waals surface area (Å²) in [6.07, 6.45) is 7.81. The molecular weight excluding hydrogens is 320 g/mol. The van der Waals surface area contributed by atoms with E-state index < -0.39 is 0 Å². The highest BCUT2D eigenvalue weighted by Crippen LogP contribution is 2.43. The minimum absolute atomic E-state index is 0.0545. The second-order valence-corrected chi connectivity index (χ2v) is 7.78. The number of carbonyl (C=O) groups excluding carboxylic acids is 1. The van der Waals surface area contributed by atoms with Crippen LogP contribution in [0.4, 0.5) is 0 Å². The van der Waals surface area contributed by atoms with Gasteiger partial charge in [-0.05, 0) is 30.4 Å². The van der Waals surface area contributed by atoms with Gasteiger partial charge in [-0.3, -0.25) is 9.80 Å². The first-order valence-corrected chi connectivity index (χ1v) is 9.93. The molecule has 3 heteroatoms. The van der Waals surface area contributed by atoms with Crippen LogP contribution in [0, 0.1) is 0 Å². The van der Waals surface area contributed by atoms with Crippen molar-refractivity contribution in [3.8, 4) is 0 Å². The van der Waals surface area contributed by atoms with Crippen molar-refractivity contribution in [3.05, 3.63) is 71.8 Å². The molecule has 0 bridgehead atoms. The van der Waals surface area contributed by atoms with Crippen LogP contribution in [0.5, 0.6) is 0 Å². The third-order valence-corrected chi connectivity index (χ3v) is 5.97. The fraction of sp³-hybridized carbons (Fsp3) is 0.435. The minimum atomic E-state index is 0.0545. The fourth-order valence-corrected chi connectivity index (χ4v) is 4.73. The lowest BCUT2D eigenvalue weighted by Gasteiger charge is -2.47. The molecule has 1 aliphatic heterocycles. The average Bonchev–Trinajstić information content (AvgIpc) is 2.99. The summed E-state index contributed by atoms with van der Waals surface area (Å²) < 4.78 is 0. The van der Waals surface area contributed by atoms with Crippen molar-refractivity contribution in [1.29, 1.82) is 0 Å². The number of carbonyl (C=O) groups is 1. The molecule has 4 rings (SSSR count). The maximum Gasteiger partial charge on any atom is 0.237 e. The molecule has 2 aliphatic rings. The standard InChI is InChI=1S/C23H28N2O/c26-22-14-17-23(15-8-3-9-16-23)25(22)24(18-20-10-4-1-5-11-20)19-21-12-6-2-7-13-21/h1-2,4-7,10-13H,3,8-9,14-19H2. The monoisotopic (exact) mass is 348 g/mol. The predicted molar refractivity (Wildman–Crippen MR) is 104 cm³/mol. The highest BCUT2D eigenvalue weighted by Gasteiger charge is 2.48. The lowest BCUT2D eigenvalue weighted by atomic mass is 9.80. The van der Waals surface area contributed by atoms with Crippen LogP contribution in [-0.2, 0) is 17.9 Å². The Balaban J connectivity index is 1.65. The van der Waals surface area contributed by atoms with Crippen LogP contribution in [0.25, 0.3) is 0 Å². The van der Waals surface area contributed by atoms with Gasteiger partial charge in [0.15, 0.2) is 0 Å². The van der Waals surface area contributed by atoms with Gasteiger partial charge in [-0.2, -0.15) is 0 Å². The van der Waals surface area contributed by atoms with Crippen molar-refractivity contribution in [1.82, 2.24) is 10.0 Å². The van der Waals surface area contributed by atoms with E-state index in [1.54, 1.807) is 0 Å². The molecule has 1 amide bonds. The molecule has 1 saturated carbocycles. The molecule has 2 aromatic carbocycles. The molecule has 0 aromatic heterocycles. The van der Waals surface area contributed by atoms with Crippen molar-refractivity contribution in [2.45, 2.75) is 63.6 Å². The molecule has 1 heterocycles. The Hall–Kier alpha value is -2.13. The summed E-state index contributed by atoms with van der Waals surface area (Å²) in [6, 6.07) is 21.1. The molecule has 3 nitrogen and oxygen atoms in total. The van der Waals surface area contributed by atoms with Crippen LogP contribution < -0.4 is 0 Å². The largest absolute Gasteiger partial charge is 0.273 e. The van der Waals surface area contributed by atoms with E-state index in [1.807, 2.05) is 0 Å². The number of amides is 1. The van der Waals surface area contributed by atoms with Crippen LogP contribution in [-0.4, -0.2) is 21.5 Å². The third-order valence-electron chi connectivity index (χ3n) is 5.97. The van der Waals surface area contributed by atoms with Gasteiger partial charge in [0.2, 0.25) is 5.91 Å². The molecule has 0 N–H and O–H groups in total. The summed E-state index contributed by atoms with van der Waals surface area (Å²) in [4.78, 5) is 13.0. The highest BCUT2D eigenvalue weighted by atomic mass is 16.2. The molecule has 26 heavy (non-hydrogen) atoms. The zero-order valence-corrected chi connectivity index (χ0v) is 15.4. The summed E-state index contributed by atoms with van der Waals surface area (Å²) in [6.45, 7) is 1.56. The summed E-state index contributed by atoms with van der Waals surface area (Å²) in [5.74, 6) is 0.304. The van der Waals surface area contributed by atoms with Crippen molar-refractivity contribution in [3.63, 3.8) is 0 Å². The summed E-state index contributed by atoms with van der Waals surface area (Å²) in [5, 5.41) is 4.48. The lowest BCUT2D eigenvalue weighted by Crippen LogP contribution is -2.55. The molecule has 136 valence electrons. The van der Waals surface area contributed by atoms with Crippen LogP contribution in [0.1, 0.15) is 56.1 Å². The zero-order chi connectivity index (χ0) is 17.8. The number of nitrogens with zero attached hydrogens (tertiary/aromatic N) is 2. The fourth-order valence-electron chi connectivity index (χ4n) is 4.73. The Labute approximate surface area is 156 Å². The van der Waals surface area contributed by atoms with Crippen molar-refractivity contribution < 1.29 is 4.79 Å². The van der Waals surface area contributed by atoms with E-state index in [4.69, 9.17) is 0 Å². The molecule has 2 aromatic rings. The van der Waals surface area contributed by atoms with Gasteiger partial charge in [0, 0.05) is 19.5 Å². The topological polar surface area (TPSA) is 23.6 Å². The van der Waals surface area contributed by atoms with Crippen LogP contribution in [0.2, 0.25) is 0 Å². The molecule has 0 atom stereocenters. The predicted octanol–water partition coefficient (Wildman–Crippen LogP) is 4.93. The van der Waals surface area contributed by atoms with Gasteiger partial charge in [-0.1, -0.05) is 79.9 Å². The molecule has 2 fully saturated rings. The van der Waals surface area contributed by atoms with Gasteiger partial charge in [0.05, 0.1) is 5.54 Å². The first-order valence-electron chi connectivity index (χ1n) is 9.93. The van der Waals surface area contributed by atoms with Gasteiger partial charge in [0.1, 0.15) is 0 Å². The Morgan fingerprint density at radius 1 is 0.769 bits per heavy atom. The van der Waals surface area contributed by atoms with E-state index in [-0.39, 0.29) is 5.54 Å². The lowest BCUT2D eigenvalue weighted by molar-refractivity contribution is -0.163. The third kappa shape index (κ3) is 3.54. The summed E-state index contributed by atoms with van der Waals surface area (Å²) in [7, 11) is 0. The summed E-state index contributed by atoms with van der Waals surface area (Å²) in [5.41, 5.74) is 2.57. The average molecular weight is 348 g/mol. The Kier molecular flexibility index (Phi) is 5.07. The Morgan fingerprint density at radius 2 is 1.31 bits per heavy atom. The Bertz CT molecular complexity index is 681. The SMILES string of the molecule is O=C1CCC2(CCCCC2)N1N(Cc1ccccc1)Cc1ccccc1. The second-order valence-electron chi connectivity index (χ2n) is 7.78. The maximum absolute atomic E-state index is 13.0. The van der Waals surface area contributed by atoms with Crippen molar-refractivity contribution in [2.75, 3.05) is 0 Å². The van der Waals surface area contributed by atoms with Crippen LogP contribution >= 0.6 is 0 Å². The normalized spacial score (nSPS) is 19.4. The van der Waals surface area contributed by atoms with Crippen molar-refractivity contribution >= 4 is 5.91 Å². The number of hydrazine groups is 1. The maximum atomic E-state index is 13.0. The second kappa shape index (κ2) is 7.63. The van der Waals surface area contributed by atoms with E-state index >= 15 is 0 Å². The molecule has 1 saturated heterocycles. The van der Waals surface area contributed by atoms with Crippen LogP contribution in [0.15, 0.2) is 60.7 Å². The zero-order valence-electron chi connectivity index (χ0n) is 15.4. The number of benzene rings is 2. The van der Waals surface area contributed by atoms with E-state index in [2.05, 4.69) is 70.7 Å². The summed E-state index contributed by atoms with van der Waals surface area (Å²) >= 11 is 0. The van der Waals surface area contributed by atoms with Gasteiger partial charge in [0.25, 0.3) is 0 Å². The minimum Gasteiger partial charge on any atom is -0.273 e. The number of hydrogen-bond donors (Lipinski definition) is 0. The van der Waals surface area contributed by atoms with E-state index in [9.17, 15) is 4.79 Å². The molecule has 1 aliphatic carbocycles. The smallest absolute Gasteiger partial charge is 0.237 e. The molecule has 1 spiro atoms.